The number of H-pyrrole nitrogens is 1. The van der Waals surface area contributed by atoms with Crippen molar-refractivity contribution in [2.45, 2.75) is 33.7 Å². The molecule has 4 heterocycles. The Bertz CT molecular complexity index is 1100. The Morgan fingerprint density at radius 3 is 2.76 bits per heavy atom. The lowest BCUT2D eigenvalue weighted by Crippen LogP contribution is -2.17. The van der Waals surface area contributed by atoms with Crippen LogP contribution in [0.4, 0.5) is 0 Å². The lowest BCUT2D eigenvalue weighted by molar-refractivity contribution is 0.585. The first-order valence-electron chi connectivity index (χ1n) is 8.06. The second-order valence-electron chi connectivity index (χ2n) is 6.01. The molecule has 0 amide bonds. The highest BCUT2D eigenvalue weighted by atomic mass is 32.1. The number of nitrogens with one attached hydrogen (secondary N) is 1. The summed E-state index contributed by atoms with van der Waals surface area (Å²) in [6, 6.07) is 5.61. The Hall–Kier alpha value is -2.74. The van der Waals surface area contributed by atoms with E-state index in [2.05, 4.69) is 15.2 Å². The van der Waals surface area contributed by atoms with Crippen molar-refractivity contribution in [2.75, 3.05) is 0 Å². The predicted octanol–water partition coefficient (Wildman–Crippen LogP) is 2.51. The maximum atomic E-state index is 12.5. The third-order valence-corrected chi connectivity index (χ3v) is 5.10. The molecule has 1 N–H and O–H groups in total. The maximum absolute atomic E-state index is 12.5. The smallest absolute Gasteiger partial charge is 0.272 e. The Labute approximate surface area is 148 Å². The third-order valence-electron chi connectivity index (χ3n) is 4.22. The van der Waals surface area contributed by atoms with Gasteiger partial charge in [0.05, 0.1) is 16.3 Å². The first-order valence-corrected chi connectivity index (χ1v) is 8.94. The number of aromatic amines is 1. The largest absolute Gasteiger partial charge is 0.288 e. The van der Waals surface area contributed by atoms with Crippen molar-refractivity contribution in [1.82, 2.24) is 29.4 Å². The molecule has 0 spiro atoms. The number of aromatic nitrogens is 6. The summed E-state index contributed by atoms with van der Waals surface area (Å²) in [5.41, 5.74) is 3.26. The lowest BCUT2D eigenvalue weighted by atomic mass is 10.2. The molecule has 4 aromatic rings. The fourth-order valence-electron chi connectivity index (χ4n) is 2.98. The second kappa shape index (κ2) is 5.96. The number of rotatable bonds is 4. The zero-order chi connectivity index (χ0) is 17.6. The Kier molecular flexibility index (Phi) is 3.76. The van der Waals surface area contributed by atoms with Crippen LogP contribution in [0.2, 0.25) is 0 Å². The molecule has 0 atom stereocenters. The molecule has 25 heavy (non-hydrogen) atoms. The minimum Gasteiger partial charge on any atom is -0.288 e. The van der Waals surface area contributed by atoms with Crippen LogP contribution in [0.1, 0.15) is 22.9 Å². The van der Waals surface area contributed by atoms with Gasteiger partial charge < -0.3 is 0 Å². The summed E-state index contributed by atoms with van der Waals surface area (Å²) >= 11 is 1.63. The minimum atomic E-state index is -0.0996. The Morgan fingerprint density at radius 2 is 2.08 bits per heavy atom. The standard InChI is InChI=1S/C17H18N6OS/c1-10-16(14-5-4-8-25-14)21-23-15(24)9-13(19-17(10)23)6-7-22-12(3)18-11(2)20-22/h4-5,8-9,21H,6-7H2,1-3H3. The summed E-state index contributed by atoms with van der Waals surface area (Å²) < 4.78 is 3.36. The van der Waals surface area contributed by atoms with E-state index < -0.39 is 0 Å². The fourth-order valence-corrected chi connectivity index (χ4v) is 3.76. The van der Waals surface area contributed by atoms with E-state index in [0.717, 1.165) is 33.5 Å². The summed E-state index contributed by atoms with van der Waals surface area (Å²) in [5.74, 6) is 1.62. The number of fused-ring (bicyclic) bond motifs is 1. The molecule has 128 valence electrons. The molecule has 0 radical (unpaired) electrons. The van der Waals surface area contributed by atoms with Gasteiger partial charge in [-0.05, 0) is 32.2 Å². The van der Waals surface area contributed by atoms with Crippen molar-refractivity contribution in [3.05, 3.63) is 56.8 Å². The Morgan fingerprint density at radius 1 is 1.24 bits per heavy atom. The highest BCUT2D eigenvalue weighted by Crippen LogP contribution is 2.27. The molecular formula is C17H18N6OS. The van der Waals surface area contributed by atoms with Crippen molar-refractivity contribution in [3.8, 4) is 10.6 Å². The van der Waals surface area contributed by atoms with E-state index in [1.165, 1.54) is 4.52 Å². The van der Waals surface area contributed by atoms with Crippen LogP contribution < -0.4 is 5.56 Å². The van der Waals surface area contributed by atoms with Gasteiger partial charge in [-0.15, -0.1) is 11.3 Å². The van der Waals surface area contributed by atoms with Crippen LogP contribution in [0.15, 0.2) is 28.4 Å². The van der Waals surface area contributed by atoms with Crippen LogP contribution in [-0.2, 0) is 13.0 Å². The average Bonchev–Trinajstić information content (AvgIpc) is 3.27. The zero-order valence-electron chi connectivity index (χ0n) is 14.3. The molecule has 0 saturated heterocycles. The highest BCUT2D eigenvalue weighted by molar-refractivity contribution is 7.13. The van der Waals surface area contributed by atoms with Crippen LogP contribution in [0.25, 0.3) is 16.2 Å². The van der Waals surface area contributed by atoms with E-state index in [9.17, 15) is 4.79 Å². The zero-order valence-corrected chi connectivity index (χ0v) is 15.1. The van der Waals surface area contributed by atoms with Crippen LogP contribution in [0.3, 0.4) is 0 Å². The van der Waals surface area contributed by atoms with Gasteiger partial charge in [0.1, 0.15) is 11.6 Å². The van der Waals surface area contributed by atoms with Gasteiger partial charge in [-0.1, -0.05) is 6.07 Å². The van der Waals surface area contributed by atoms with Gasteiger partial charge in [0.25, 0.3) is 5.56 Å². The van der Waals surface area contributed by atoms with E-state index in [4.69, 9.17) is 4.98 Å². The first kappa shape index (κ1) is 15.8. The van der Waals surface area contributed by atoms with Gasteiger partial charge in [0, 0.05) is 24.6 Å². The fraction of sp³-hybridized carbons (Fsp3) is 0.294. The minimum absolute atomic E-state index is 0.0996. The second-order valence-corrected chi connectivity index (χ2v) is 6.96. The van der Waals surface area contributed by atoms with Gasteiger partial charge >= 0.3 is 0 Å². The molecule has 0 fully saturated rings. The van der Waals surface area contributed by atoms with E-state index >= 15 is 0 Å². The number of nitrogens with zero attached hydrogens (tertiary/aromatic N) is 5. The van der Waals surface area contributed by atoms with Gasteiger partial charge in [-0.2, -0.15) is 5.10 Å². The number of aryl methyl sites for hydroxylation is 5. The van der Waals surface area contributed by atoms with Crippen LogP contribution >= 0.6 is 11.3 Å². The summed E-state index contributed by atoms with van der Waals surface area (Å²) in [5, 5.41) is 9.55. The van der Waals surface area contributed by atoms with Gasteiger partial charge in [-0.25, -0.2) is 19.2 Å². The molecule has 4 aromatic heterocycles. The molecule has 0 saturated carbocycles. The van der Waals surface area contributed by atoms with Crippen molar-refractivity contribution in [3.63, 3.8) is 0 Å². The van der Waals surface area contributed by atoms with Crippen molar-refractivity contribution < 1.29 is 0 Å². The number of hydrogen-bond donors (Lipinski definition) is 1. The molecule has 0 aliphatic rings. The average molecular weight is 354 g/mol. The van der Waals surface area contributed by atoms with Gasteiger partial charge in [-0.3, -0.25) is 9.89 Å². The third kappa shape index (κ3) is 2.78. The van der Waals surface area contributed by atoms with Crippen LogP contribution in [0.5, 0.6) is 0 Å². The SMILES string of the molecule is Cc1nc(C)n(CCc2cc(=O)n3[nH]c(-c4cccs4)c(C)c3n2)n1. The predicted molar refractivity (Wildman–Crippen MR) is 97.1 cm³/mol. The van der Waals surface area contributed by atoms with Crippen molar-refractivity contribution in [2.24, 2.45) is 0 Å². The summed E-state index contributed by atoms with van der Waals surface area (Å²) in [4.78, 5) is 22.6. The molecule has 0 aliphatic carbocycles. The number of thiophene rings is 1. The van der Waals surface area contributed by atoms with E-state index in [0.29, 0.717) is 18.6 Å². The topological polar surface area (TPSA) is 80.9 Å². The molecular weight excluding hydrogens is 336 g/mol. The molecule has 0 bridgehead atoms. The molecule has 8 heteroatoms. The summed E-state index contributed by atoms with van der Waals surface area (Å²) in [7, 11) is 0. The molecule has 0 aliphatic heterocycles. The normalized spacial score (nSPS) is 11.5. The maximum Gasteiger partial charge on any atom is 0.272 e. The van der Waals surface area contributed by atoms with Gasteiger partial charge in [0.2, 0.25) is 0 Å². The lowest BCUT2D eigenvalue weighted by Gasteiger charge is -2.03. The first-order chi connectivity index (χ1) is 12.0. The summed E-state index contributed by atoms with van der Waals surface area (Å²) in [6.45, 7) is 6.43. The summed E-state index contributed by atoms with van der Waals surface area (Å²) in [6.07, 6.45) is 0.633. The van der Waals surface area contributed by atoms with Crippen molar-refractivity contribution in [1.29, 1.82) is 0 Å². The molecule has 7 nitrogen and oxygen atoms in total. The molecule has 0 aromatic carbocycles. The van der Waals surface area contributed by atoms with E-state index in [1.807, 2.05) is 43.0 Å². The van der Waals surface area contributed by atoms with Crippen LogP contribution in [0, 0.1) is 20.8 Å². The molecule has 0 unspecified atom stereocenters. The molecule has 4 rings (SSSR count). The van der Waals surface area contributed by atoms with Crippen molar-refractivity contribution >= 4 is 17.0 Å². The monoisotopic (exact) mass is 354 g/mol. The Balaban J connectivity index is 1.70. The van der Waals surface area contributed by atoms with E-state index in [-0.39, 0.29) is 5.56 Å². The number of hydrogen-bond acceptors (Lipinski definition) is 5. The van der Waals surface area contributed by atoms with Gasteiger partial charge in [0.15, 0.2) is 5.65 Å². The van der Waals surface area contributed by atoms with Crippen LogP contribution in [-0.4, -0.2) is 29.4 Å². The highest BCUT2D eigenvalue weighted by Gasteiger charge is 2.14. The quantitative estimate of drug-likeness (QED) is 0.610. The van der Waals surface area contributed by atoms with E-state index in [1.54, 1.807) is 17.4 Å².